The molecule has 1 heterocycles. The molecule has 1 aromatic carbocycles. The van der Waals surface area contributed by atoms with Crippen molar-refractivity contribution < 1.29 is 17.6 Å². The van der Waals surface area contributed by atoms with Gasteiger partial charge in [0.1, 0.15) is 5.76 Å². The number of sulfonamides is 1. The van der Waals surface area contributed by atoms with Crippen LogP contribution >= 0.6 is 0 Å². The number of hydrogen-bond acceptors (Lipinski definition) is 5. The molecule has 0 unspecified atom stereocenters. The molecular formula is C17H20N2O5S. The van der Waals surface area contributed by atoms with Gasteiger partial charge in [0, 0.05) is 25.2 Å². The molecule has 1 aromatic heterocycles. The van der Waals surface area contributed by atoms with Gasteiger partial charge in [-0.05, 0) is 32.4 Å². The molecule has 0 atom stereocenters. The van der Waals surface area contributed by atoms with Crippen molar-refractivity contribution in [2.45, 2.75) is 25.2 Å². The smallest absolute Gasteiger partial charge is 0.287 e. The first-order valence-corrected chi connectivity index (χ1v) is 9.22. The van der Waals surface area contributed by atoms with E-state index < -0.39 is 15.9 Å². The summed E-state index contributed by atoms with van der Waals surface area (Å²) in [4.78, 5) is 23.4. The summed E-state index contributed by atoms with van der Waals surface area (Å²) in [6.07, 6.45) is 0.396. The lowest BCUT2D eigenvalue weighted by Crippen LogP contribution is -2.30. The summed E-state index contributed by atoms with van der Waals surface area (Å²) < 4.78 is 31.8. The van der Waals surface area contributed by atoms with Crippen molar-refractivity contribution in [1.82, 2.24) is 10.0 Å². The van der Waals surface area contributed by atoms with Gasteiger partial charge >= 0.3 is 0 Å². The normalized spacial score (nSPS) is 11.3. The van der Waals surface area contributed by atoms with Gasteiger partial charge in [0.05, 0.1) is 4.90 Å². The molecule has 2 N–H and O–H groups in total. The molecule has 0 bridgehead atoms. The van der Waals surface area contributed by atoms with E-state index in [1.807, 2.05) is 6.92 Å². The highest BCUT2D eigenvalue weighted by Gasteiger charge is 2.13. The second kappa shape index (κ2) is 8.09. The third kappa shape index (κ3) is 5.54. The van der Waals surface area contributed by atoms with E-state index in [2.05, 4.69) is 10.0 Å². The number of carbonyl (C=O) groups is 1. The first-order chi connectivity index (χ1) is 11.8. The molecule has 0 spiro atoms. The van der Waals surface area contributed by atoms with Crippen molar-refractivity contribution in [3.63, 3.8) is 0 Å². The zero-order valence-electron chi connectivity index (χ0n) is 14.0. The van der Waals surface area contributed by atoms with Crippen LogP contribution in [0.15, 0.2) is 50.5 Å². The van der Waals surface area contributed by atoms with E-state index in [1.165, 1.54) is 6.07 Å². The van der Waals surface area contributed by atoms with Crippen molar-refractivity contribution in [3.05, 3.63) is 63.7 Å². The molecule has 134 valence electrons. The largest absolute Gasteiger partial charge is 0.456 e. The lowest BCUT2D eigenvalue weighted by molar-refractivity contribution is 0.0921. The standard InChI is InChI=1S/C17H20N2O5S/c1-12-4-6-15(7-5-12)25(22,23)19-9-3-8-18-17(21)16-11-14(20)10-13(2)24-16/h4-7,10-11,19H,3,8-9H2,1-2H3,(H,18,21). The van der Waals surface area contributed by atoms with E-state index >= 15 is 0 Å². The average Bonchev–Trinajstić information content (AvgIpc) is 2.53. The summed E-state index contributed by atoms with van der Waals surface area (Å²) in [5.41, 5.74) is 0.671. The lowest BCUT2D eigenvalue weighted by Gasteiger charge is -2.08. The van der Waals surface area contributed by atoms with Crippen molar-refractivity contribution in [2.75, 3.05) is 13.1 Å². The van der Waals surface area contributed by atoms with Crippen LogP contribution in [-0.2, 0) is 10.0 Å². The van der Waals surface area contributed by atoms with E-state index in [0.717, 1.165) is 11.6 Å². The molecule has 8 heteroatoms. The molecule has 0 aliphatic rings. The Labute approximate surface area is 146 Å². The Hall–Kier alpha value is -2.45. The fraction of sp³-hybridized carbons (Fsp3) is 0.294. The number of benzene rings is 1. The van der Waals surface area contributed by atoms with Crippen LogP contribution in [-0.4, -0.2) is 27.4 Å². The molecule has 0 saturated heterocycles. The third-order valence-electron chi connectivity index (χ3n) is 3.38. The Balaban J connectivity index is 1.80. The highest BCUT2D eigenvalue weighted by atomic mass is 32.2. The van der Waals surface area contributed by atoms with Crippen molar-refractivity contribution in [2.24, 2.45) is 0 Å². The number of hydrogen-bond donors (Lipinski definition) is 2. The summed E-state index contributed by atoms with van der Waals surface area (Å²) in [5.74, 6) is -0.226. The first-order valence-electron chi connectivity index (χ1n) is 7.74. The van der Waals surface area contributed by atoms with Crippen LogP contribution in [0.25, 0.3) is 0 Å². The van der Waals surface area contributed by atoms with Crippen LogP contribution in [0.4, 0.5) is 0 Å². The van der Waals surface area contributed by atoms with E-state index in [0.29, 0.717) is 12.2 Å². The highest BCUT2D eigenvalue weighted by Crippen LogP contribution is 2.09. The summed E-state index contributed by atoms with van der Waals surface area (Å²) >= 11 is 0. The summed E-state index contributed by atoms with van der Waals surface area (Å²) in [5, 5.41) is 2.58. The minimum atomic E-state index is -3.56. The summed E-state index contributed by atoms with van der Waals surface area (Å²) in [6.45, 7) is 3.88. The van der Waals surface area contributed by atoms with Crippen molar-refractivity contribution in [3.8, 4) is 0 Å². The van der Waals surface area contributed by atoms with Crippen molar-refractivity contribution >= 4 is 15.9 Å². The summed E-state index contributed by atoms with van der Waals surface area (Å²) in [7, 11) is -3.56. The van der Waals surface area contributed by atoms with E-state index in [4.69, 9.17) is 4.42 Å². The molecule has 0 aliphatic carbocycles. The Morgan fingerprint density at radius 3 is 2.40 bits per heavy atom. The van der Waals surface area contributed by atoms with Gasteiger partial charge in [0.25, 0.3) is 5.91 Å². The maximum Gasteiger partial charge on any atom is 0.287 e. The van der Waals surface area contributed by atoms with Gasteiger partial charge in [-0.15, -0.1) is 0 Å². The van der Waals surface area contributed by atoms with Gasteiger partial charge in [-0.3, -0.25) is 9.59 Å². The molecule has 2 aromatic rings. The fourth-order valence-electron chi connectivity index (χ4n) is 2.10. The van der Waals surface area contributed by atoms with Gasteiger partial charge in [-0.25, -0.2) is 13.1 Å². The van der Waals surface area contributed by atoms with Gasteiger partial charge in [-0.1, -0.05) is 17.7 Å². The maximum atomic E-state index is 12.1. The minimum Gasteiger partial charge on any atom is -0.456 e. The monoisotopic (exact) mass is 364 g/mol. The molecule has 0 aliphatic heterocycles. The van der Waals surface area contributed by atoms with Crippen molar-refractivity contribution in [1.29, 1.82) is 0 Å². The molecule has 2 rings (SSSR count). The Bertz CT molecular complexity index is 901. The molecule has 0 radical (unpaired) electrons. The van der Waals surface area contributed by atoms with Crippen LogP contribution in [0.5, 0.6) is 0 Å². The quantitative estimate of drug-likeness (QED) is 0.722. The predicted molar refractivity (Wildman–Crippen MR) is 93.0 cm³/mol. The van der Waals surface area contributed by atoms with Crippen LogP contribution in [0.1, 0.15) is 28.3 Å². The number of rotatable bonds is 7. The van der Waals surface area contributed by atoms with Gasteiger partial charge in [0.15, 0.2) is 11.2 Å². The van der Waals surface area contributed by atoms with E-state index in [-0.39, 0.29) is 29.2 Å². The maximum absolute atomic E-state index is 12.1. The molecule has 0 saturated carbocycles. The zero-order valence-corrected chi connectivity index (χ0v) is 14.9. The highest BCUT2D eigenvalue weighted by molar-refractivity contribution is 7.89. The molecule has 1 amide bonds. The number of nitrogens with one attached hydrogen (secondary N) is 2. The van der Waals surface area contributed by atoms with Gasteiger partial charge < -0.3 is 9.73 Å². The van der Waals surface area contributed by atoms with Crippen LogP contribution < -0.4 is 15.5 Å². The second-order valence-electron chi connectivity index (χ2n) is 5.59. The van der Waals surface area contributed by atoms with Crippen LogP contribution in [0, 0.1) is 13.8 Å². The Morgan fingerprint density at radius 2 is 1.76 bits per heavy atom. The van der Waals surface area contributed by atoms with Gasteiger partial charge in [-0.2, -0.15) is 0 Å². The average molecular weight is 364 g/mol. The van der Waals surface area contributed by atoms with Crippen LogP contribution in [0.3, 0.4) is 0 Å². The topological polar surface area (TPSA) is 105 Å². The zero-order chi connectivity index (χ0) is 18.4. The Morgan fingerprint density at radius 1 is 1.08 bits per heavy atom. The fourth-order valence-corrected chi connectivity index (χ4v) is 3.17. The predicted octanol–water partition coefficient (Wildman–Crippen LogP) is 1.36. The molecule has 0 fully saturated rings. The minimum absolute atomic E-state index is 0.0646. The number of carbonyl (C=O) groups excluding carboxylic acids is 1. The first kappa shape index (κ1) is 18.9. The van der Waals surface area contributed by atoms with Gasteiger partial charge in [0.2, 0.25) is 10.0 Å². The second-order valence-corrected chi connectivity index (χ2v) is 7.36. The molecule has 7 nitrogen and oxygen atoms in total. The number of aryl methyl sites for hydroxylation is 2. The molecular weight excluding hydrogens is 344 g/mol. The lowest BCUT2D eigenvalue weighted by atomic mass is 10.2. The van der Waals surface area contributed by atoms with E-state index in [1.54, 1.807) is 31.2 Å². The van der Waals surface area contributed by atoms with E-state index in [9.17, 15) is 18.0 Å². The third-order valence-corrected chi connectivity index (χ3v) is 4.85. The Kier molecular flexibility index (Phi) is 6.11. The SMILES string of the molecule is Cc1ccc(S(=O)(=O)NCCCNC(=O)c2cc(=O)cc(C)o2)cc1. The molecule has 25 heavy (non-hydrogen) atoms. The summed E-state index contributed by atoms with van der Waals surface area (Å²) in [6, 6.07) is 8.94. The number of amides is 1. The van der Waals surface area contributed by atoms with Crippen LogP contribution in [0.2, 0.25) is 0 Å².